The molecule has 0 aliphatic rings. The minimum absolute atomic E-state index is 0.0991. The summed E-state index contributed by atoms with van der Waals surface area (Å²) >= 11 is 0. The van der Waals surface area contributed by atoms with Crippen molar-refractivity contribution in [3.05, 3.63) is 48.3 Å². The van der Waals surface area contributed by atoms with Gasteiger partial charge < -0.3 is 15.4 Å². The van der Waals surface area contributed by atoms with Crippen LogP contribution in [-0.4, -0.2) is 28.9 Å². The van der Waals surface area contributed by atoms with E-state index in [2.05, 4.69) is 4.98 Å². The van der Waals surface area contributed by atoms with E-state index in [0.717, 1.165) is 0 Å². The number of amides is 1. The van der Waals surface area contributed by atoms with Gasteiger partial charge in [-0.05, 0) is 32.0 Å². The molecule has 1 aromatic carbocycles. The van der Waals surface area contributed by atoms with Crippen LogP contribution in [0.25, 0.3) is 0 Å². The van der Waals surface area contributed by atoms with Crippen LogP contribution in [0.15, 0.2) is 42.6 Å². The number of carbonyl (C=O) groups is 1. The Morgan fingerprint density at radius 3 is 2.57 bits per heavy atom. The van der Waals surface area contributed by atoms with Gasteiger partial charge in [0, 0.05) is 37.1 Å². The van der Waals surface area contributed by atoms with Crippen molar-refractivity contribution in [3.63, 3.8) is 0 Å². The maximum atomic E-state index is 12.3. The van der Waals surface area contributed by atoms with Crippen LogP contribution in [0.3, 0.4) is 0 Å². The van der Waals surface area contributed by atoms with E-state index in [9.17, 15) is 4.79 Å². The summed E-state index contributed by atoms with van der Waals surface area (Å²) < 4.78 is 5.71. The van der Waals surface area contributed by atoms with Gasteiger partial charge in [-0.25, -0.2) is 0 Å². The summed E-state index contributed by atoms with van der Waals surface area (Å²) in [5.41, 5.74) is 6.71. The molecule has 2 N–H and O–H groups in total. The third kappa shape index (κ3) is 3.72. The van der Waals surface area contributed by atoms with Crippen molar-refractivity contribution in [3.8, 4) is 11.5 Å². The van der Waals surface area contributed by atoms with E-state index in [4.69, 9.17) is 10.5 Å². The highest BCUT2D eigenvalue weighted by atomic mass is 16.5. The molecule has 1 aromatic heterocycles. The van der Waals surface area contributed by atoms with Crippen molar-refractivity contribution in [1.82, 2.24) is 9.88 Å². The lowest BCUT2D eigenvalue weighted by atomic mass is 10.3. The number of anilines is 1. The van der Waals surface area contributed by atoms with E-state index >= 15 is 0 Å². The highest BCUT2D eigenvalue weighted by Gasteiger charge is 2.14. The number of hydrogen-bond acceptors (Lipinski definition) is 4. The SMILES string of the molecule is CCN(CC)C(=O)c1cc(Oc2cccc(N)c2)ccn1. The Hall–Kier alpha value is -2.56. The van der Waals surface area contributed by atoms with Crippen molar-refractivity contribution >= 4 is 11.6 Å². The molecular formula is C16H19N3O2. The number of pyridine rings is 1. The number of ether oxygens (including phenoxy) is 1. The molecule has 0 saturated heterocycles. The number of nitrogen functional groups attached to an aromatic ring is 1. The van der Waals surface area contributed by atoms with Crippen LogP contribution in [0.2, 0.25) is 0 Å². The van der Waals surface area contributed by atoms with E-state index in [1.165, 1.54) is 0 Å². The number of benzene rings is 1. The van der Waals surface area contributed by atoms with Gasteiger partial charge in [-0.2, -0.15) is 0 Å². The van der Waals surface area contributed by atoms with Crippen molar-refractivity contribution in [2.24, 2.45) is 0 Å². The number of rotatable bonds is 5. The first-order chi connectivity index (χ1) is 10.1. The van der Waals surface area contributed by atoms with Gasteiger partial charge in [0.25, 0.3) is 5.91 Å². The van der Waals surface area contributed by atoms with Crippen LogP contribution < -0.4 is 10.5 Å². The van der Waals surface area contributed by atoms with Crippen LogP contribution in [0.4, 0.5) is 5.69 Å². The molecule has 5 heteroatoms. The zero-order valence-corrected chi connectivity index (χ0v) is 12.2. The Labute approximate surface area is 124 Å². The number of nitrogens with zero attached hydrogens (tertiary/aromatic N) is 2. The molecule has 1 heterocycles. The summed E-state index contributed by atoms with van der Waals surface area (Å²) in [7, 11) is 0. The Morgan fingerprint density at radius 1 is 1.19 bits per heavy atom. The van der Waals surface area contributed by atoms with Crippen LogP contribution in [0.5, 0.6) is 11.5 Å². The third-order valence-electron chi connectivity index (χ3n) is 3.09. The Bertz CT molecular complexity index is 624. The van der Waals surface area contributed by atoms with Crippen molar-refractivity contribution < 1.29 is 9.53 Å². The maximum absolute atomic E-state index is 12.3. The Morgan fingerprint density at radius 2 is 1.90 bits per heavy atom. The molecule has 2 aromatic rings. The second-order valence-corrected chi connectivity index (χ2v) is 4.53. The van der Waals surface area contributed by atoms with E-state index < -0.39 is 0 Å². The van der Waals surface area contributed by atoms with E-state index in [1.54, 1.807) is 35.4 Å². The molecular weight excluding hydrogens is 266 g/mol. The number of nitrogens with two attached hydrogens (primary N) is 1. The second-order valence-electron chi connectivity index (χ2n) is 4.53. The topological polar surface area (TPSA) is 68.5 Å². The van der Waals surface area contributed by atoms with Crippen LogP contribution in [-0.2, 0) is 0 Å². The smallest absolute Gasteiger partial charge is 0.272 e. The fourth-order valence-electron chi connectivity index (χ4n) is 1.98. The lowest BCUT2D eigenvalue weighted by molar-refractivity contribution is 0.0767. The van der Waals surface area contributed by atoms with Crippen LogP contribution in [0, 0.1) is 0 Å². The van der Waals surface area contributed by atoms with Crippen LogP contribution in [0.1, 0.15) is 24.3 Å². The van der Waals surface area contributed by atoms with Gasteiger partial charge in [-0.1, -0.05) is 6.07 Å². The molecule has 21 heavy (non-hydrogen) atoms. The predicted octanol–water partition coefficient (Wildman–Crippen LogP) is 2.94. The van der Waals surface area contributed by atoms with Gasteiger partial charge in [0.05, 0.1) is 0 Å². The lowest BCUT2D eigenvalue weighted by Gasteiger charge is -2.18. The maximum Gasteiger partial charge on any atom is 0.272 e. The number of carbonyl (C=O) groups excluding carboxylic acids is 1. The van der Waals surface area contributed by atoms with Crippen molar-refractivity contribution in [1.29, 1.82) is 0 Å². The summed E-state index contributed by atoms with van der Waals surface area (Å²) in [4.78, 5) is 18.1. The summed E-state index contributed by atoms with van der Waals surface area (Å²) in [5.74, 6) is 1.09. The zero-order chi connectivity index (χ0) is 15.2. The third-order valence-corrected chi connectivity index (χ3v) is 3.09. The summed E-state index contributed by atoms with van der Waals surface area (Å²) in [6, 6.07) is 10.5. The highest BCUT2D eigenvalue weighted by Crippen LogP contribution is 2.23. The summed E-state index contributed by atoms with van der Waals surface area (Å²) in [5, 5.41) is 0. The average molecular weight is 285 g/mol. The molecule has 0 aliphatic heterocycles. The first-order valence-electron chi connectivity index (χ1n) is 6.92. The normalized spacial score (nSPS) is 10.2. The molecule has 0 fully saturated rings. The fourth-order valence-corrected chi connectivity index (χ4v) is 1.98. The average Bonchev–Trinajstić information content (AvgIpc) is 2.48. The molecule has 0 radical (unpaired) electrons. The van der Waals surface area contributed by atoms with Gasteiger partial charge in [0.15, 0.2) is 0 Å². The van der Waals surface area contributed by atoms with E-state index in [0.29, 0.717) is 36.0 Å². The van der Waals surface area contributed by atoms with Gasteiger partial charge in [-0.15, -0.1) is 0 Å². The fraction of sp³-hybridized carbons (Fsp3) is 0.250. The quantitative estimate of drug-likeness (QED) is 0.858. The molecule has 110 valence electrons. The Kier molecular flexibility index (Phi) is 4.77. The zero-order valence-electron chi connectivity index (χ0n) is 12.2. The largest absolute Gasteiger partial charge is 0.457 e. The second kappa shape index (κ2) is 6.74. The standard InChI is InChI=1S/C16H19N3O2/c1-3-19(4-2)16(20)15-11-14(8-9-18-15)21-13-7-5-6-12(17)10-13/h5-11H,3-4,17H2,1-2H3. The lowest BCUT2D eigenvalue weighted by Crippen LogP contribution is -2.31. The minimum atomic E-state index is -0.0991. The van der Waals surface area contributed by atoms with E-state index in [-0.39, 0.29) is 5.91 Å². The highest BCUT2D eigenvalue weighted by molar-refractivity contribution is 5.92. The number of aromatic nitrogens is 1. The monoisotopic (exact) mass is 285 g/mol. The number of hydrogen-bond donors (Lipinski definition) is 1. The molecule has 0 aliphatic carbocycles. The predicted molar refractivity (Wildman–Crippen MR) is 82.4 cm³/mol. The van der Waals surface area contributed by atoms with E-state index in [1.807, 2.05) is 26.0 Å². The minimum Gasteiger partial charge on any atom is -0.457 e. The van der Waals surface area contributed by atoms with Gasteiger partial charge >= 0.3 is 0 Å². The first-order valence-corrected chi connectivity index (χ1v) is 6.92. The molecule has 0 spiro atoms. The molecule has 2 rings (SSSR count). The summed E-state index contributed by atoms with van der Waals surface area (Å²) in [6.45, 7) is 5.18. The van der Waals surface area contributed by atoms with Crippen molar-refractivity contribution in [2.75, 3.05) is 18.8 Å². The molecule has 0 atom stereocenters. The van der Waals surface area contributed by atoms with Crippen molar-refractivity contribution in [2.45, 2.75) is 13.8 Å². The molecule has 0 saturated carbocycles. The molecule has 5 nitrogen and oxygen atoms in total. The molecule has 0 unspecified atom stereocenters. The van der Waals surface area contributed by atoms with Gasteiger partial charge in [0.2, 0.25) is 0 Å². The first kappa shape index (κ1) is 14.8. The molecule has 0 bridgehead atoms. The van der Waals surface area contributed by atoms with Crippen LogP contribution >= 0.6 is 0 Å². The van der Waals surface area contributed by atoms with Gasteiger partial charge in [0.1, 0.15) is 17.2 Å². The van der Waals surface area contributed by atoms with Gasteiger partial charge in [-0.3, -0.25) is 9.78 Å². The summed E-state index contributed by atoms with van der Waals surface area (Å²) in [6.07, 6.45) is 1.57. The Balaban J connectivity index is 2.20. The molecule has 1 amide bonds.